The molecule has 0 unspecified atom stereocenters. The summed E-state index contributed by atoms with van der Waals surface area (Å²) < 4.78 is 5.49. The largest absolute Gasteiger partial charge is 0.494 e. The van der Waals surface area contributed by atoms with E-state index in [2.05, 4.69) is 35.8 Å². The smallest absolute Gasteiger partial charge is 0.151 e. The first-order valence-corrected chi connectivity index (χ1v) is 5.95. The molecule has 0 spiro atoms. The number of hydrogen-bond acceptors (Lipinski definition) is 4. The Kier molecular flexibility index (Phi) is 3.28. The Morgan fingerprint density at radius 1 is 1.33 bits per heavy atom. The van der Waals surface area contributed by atoms with E-state index < -0.39 is 0 Å². The van der Waals surface area contributed by atoms with Crippen LogP contribution < -0.4 is 15.5 Å². The number of nitrogens with zero attached hydrogens (tertiary/aromatic N) is 1. The van der Waals surface area contributed by atoms with E-state index in [4.69, 9.17) is 4.74 Å². The summed E-state index contributed by atoms with van der Waals surface area (Å²) in [7, 11) is 3.56. The van der Waals surface area contributed by atoms with E-state index in [1.54, 1.807) is 7.11 Å². The minimum Gasteiger partial charge on any atom is -0.494 e. The van der Waals surface area contributed by atoms with Crippen LogP contribution in [0.1, 0.15) is 19.4 Å². The van der Waals surface area contributed by atoms with Gasteiger partial charge in [0.15, 0.2) is 5.75 Å². The van der Waals surface area contributed by atoms with Crippen molar-refractivity contribution in [2.45, 2.75) is 13.8 Å². The number of anilines is 1. The van der Waals surface area contributed by atoms with Crippen molar-refractivity contribution >= 4 is 17.6 Å². The molecule has 0 fully saturated rings. The molecule has 0 bridgehead atoms. The van der Waals surface area contributed by atoms with Crippen molar-refractivity contribution < 1.29 is 4.74 Å². The summed E-state index contributed by atoms with van der Waals surface area (Å²) in [5, 5.41) is 7.33. The van der Waals surface area contributed by atoms with Crippen molar-refractivity contribution in [2.24, 2.45) is 10.5 Å². The lowest BCUT2D eigenvalue weighted by molar-refractivity contribution is 0.415. The lowest BCUT2D eigenvalue weighted by Gasteiger charge is -2.23. The Hall–Kier alpha value is -1.97. The molecule has 18 heavy (non-hydrogen) atoms. The van der Waals surface area contributed by atoms with Crippen LogP contribution in [-0.4, -0.2) is 20.4 Å². The molecule has 4 heteroatoms. The lowest BCUT2D eigenvalue weighted by atomic mass is 9.91. The van der Waals surface area contributed by atoms with Crippen LogP contribution in [0.3, 0.4) is 0 Å². The second kappa shape index (κ2) is 4.72. The highest BCUT2D eigenvalue weighted by atomic mass is 16.5. The van der Waals surface area contributed by atoms with Gasteiger partial charge in [0, 0.05) is 24.2 Å². The molecule has 0 saturated heterocycles. The second-order valence-corrected chi connectivity index (χ2v) is 4.89. The number of methoxy groups -OCH3 is 1. The van der Waals surface area contributed by atoms with Crippen molar-refractivity contribution in [1.82, 2.24) is 5.43 Å². The zero-order valence-electron chi connectivity index (χ0n) is 11.2. The average molecular weight is 245 g/mol. The zero-order chi connectivity index (χ0) is 13.2. The van der Waals surface area contributed by atoms with Gasteiger partial charge in [0.05, 0.1) is 18.5 Å². The Balaban J connectivity index is 2.49. The van der Waals surface area contributed by atoms with Crippen LogP contribution in [-0.2, 0) is 0 Å². The first-order chi connectivity index (χ1) is 8.57. The van der Waals surface area contributed by atoms with Crippen molar-refractivity contribution in [3.8, 4) is 5.75 Å². The van der Waals surface area contributed by atoms with Gasteiger partial charge in [0.2, 0.25) is 0 Å². The molecule has 0 aliphatic carbocycles. The maximum Gasteiger partial charge on any atom is 0.151 e. The summed E-state index contributed by atoms with van der Waals surface area (Å²) >= 11 is 0. The number of para-hydroxylation sites is 1. The fourth-order valence-corrected chi connectivity index (χ4v) is 2.01. The molecular formula is C14H19N3O. The van der Waals surface area contributed by atoms with Crippen molar-refractivity contribution in [3.63, 3.8) is 0 Å². The van der Waals surface area contributed by atoms with Crippen molar-refractivity contribution in [1.29, 1.82) is 0 Å². The number of rotatable bonds is 3. The molecule has 0 aromatic heterocycles. The van der Waals surface area contributed by atoms with Crippen LogP contribution in [0.25, 0.3) is 5.70 Å². The number of allylic oxidation sites excluding steroid dienone is 1. The Morgan fingerprint density at radius 3 is 2.72 bits per heavy atom. The number of benzene rings is 1. The molecule has 1 heterocycles. The molecule has 0 radical (unpaired) electrons. The standard InChI is InChI=1S/C14H19N3O/c1-14(2)8-12(17-16-9-14)10-6-5-7-11(15-3)13(10)18-4/h5-9,15,17H,1-4H3. The predicted octanol–water partition coefficient (Wildman–Crippen LogP) is 2.69. The Bertz CT molecular complexity index is 504. The molecule has 1 aromatic carbocycles. The minimum absolute atomic E-state index is 0.0543. The molecule has 4 nitrogen and oxygen atoms in total. The third kappa shape index (κ3) is 2.32. The molecule has 1 aromatic rings. The molecule has 1 aliphatic rings. The summed E-state index contributed by atoms with van der Waals surface area (Å²) in [6.45, 7) is 4.23. The van der Waals surface area contributed by atoms with E-state index in [-0.39, 0.29) is 5.41 Å². The van der Waals surface area contributed by atoms with Crippen LogP contribution >= 0.6 is 0 Å². The highest BCUT2D eigenvalue weighted by Gasteiger charge is 2.20. The van der Waals surface area contributed by atoms with Crippen LogP contribution in [0.4, 0.5) is 5.69 Å². The Labute approximate surface area is 108 Å². The predicted molar refractivity (Wildman–Crippen MR) is 75.9 cm³/mol. The van der Waals surface area contributed by atoms with Crippen LogP contribution in [0.15, 0.2) is 29.4 Å². The van der Waals surface area contributed by atoms with Gasteiger partial charge in [-0.05, 0) is 18.2 Å². The fourth-order valence-electron chi connectivity index (χ4n) is 2.01. The van der Waals surface area contributed by atoms with Gasteiger partial charge in [0.25, 0.3) is 0 Å². The molecular weight excluding hydrogens is 226 g/mol. The van der Waals surface area contributed by atoms with Gasteiger partial charge in [0.1, 0.15) is 0 Å². The number of nitrogens with one attached hydrogen (secondary N) is 2. The monoisotopic (exact) mass is 245 g/mol. The van der Waals surface area contributed by atoms with Crippen LogP contribution in [0.2, 0.25) is 0 Å². The first kappa shape index (κ1) is 12.5. The summed E-state index contributed by atoms with van der Waals surface area (Å²) in [6, 6.07) is 6.01. The highest BCUT2D eigenvalue weighted by molar-refractivity contribution is 5.81. The molecule has 96 valence electrons. The van der Waals surface area contributed by atoms with Gasteiger partial charge < -0.3 is 10.1 Å². The summed E-state index contributed by atoms with van der Waals surface area (Å²) in [4.78, 5) is 0. The normalized spacial score (nSPS) is 16.8. The summed E-state index contributed by atoms with van der Waals surface area (Å²) in [5.74, 6) is 0.826. The molecule has 1 aliphatic heterocycles. The quantitative estimate of drug-likeness (QED) is 0.860. The maximum atomic E-state index is 5.49. The highest BCUT2D eigenvalue weighted by Crippen LogP contribution is 2.34. The van der Waals surface area contributed by atoms with Crippen molar-refractivity contribution in [3.05, 3.63) is 29.8 Å². The average Bonchev–Trinajstić information content (AvgIpc) is 2.36. The minimum atomic E-state index is -0.0543. The van der Waals surface area contributed by atoms with E-state index >= 15 is 0 Å². The topological polar surface area (TPSA) is 45.7 Å². The van der Waals surface area contributed by atoms with E-state index in [0.29, 0.717) is 0 Å². The van der Waals surface area contributed by atoms with E-state index in [1.165, 1.54) is 0 Å². The van der Waals surface area contributed by atoms with Crippen molar-refractivity contribution in [2.75, 3.05) is 19.5 Å². The zero-order valence-corrected chi connectivity index (χ0v) is 11.2. The van der Waals surface area contributed by atoms with Gasteiger partial charge in [-0.1, -0.05) is 19.9 Å². The van der Waals surface area contributed by atoms with Crippen LogP contribution in [0.5, 0.6) is 5.75 Å². The van der Waals surface area contributed by atoms with Crippen LogP contribution in [0, 0.1) is 5.41 Å². The van der Waals surface area contributed by atoms with Gasteiger partial charge in [-0.25, -0.2) is 0 Å². The molecule has 0 atom stereocenters. The molecule has 2 rings (SSSR count). The number of hydrogen-bond donors (Lipinski definition) is 2. The van der Waals surface area contributed by atoms with Gasteiger partial charge in [-0.2, -0.15) is 5.10 Å². The van der Waals surface area contributed by atoms with Gasteiger partial charge >= 0.3 is 0 Å². The second-order valence-electron chi connectivity index (χ2n) is 4.89. The third-order valence-electron chi connectivity index (χ3n) is 2.88. The SMILES string of the molecule is CNc1cccc(C2=CC(C)(C)C=NN2)c1OC. The van der Waals surface area contributed by atoms with E-state index in [9.17, 15) is 0 Å². The third-order valence-corrected chi connectivity index (χ3v) is 2.88. The molecule has 2 N–H and O–H groups in total. The molecule has 0 amide bonds. The maximum absolute atomic E-state index is 5.49. The first-order valence-electron chi connectivity index (χ1n) is 5.95. The molecule has 0 saturated carbocycles. The fraction of sp³-hybridized carbons (Fsp3) is 0.357. The van der Waals surface area contributed by atoms with E-state index in [1.807, 2.05) is 31.5 Å². The number of hydrazone groups is 1. The van der Waals surface area contributed by atoms with E-state index in [0.717, 1.165) is 22.7 Å². The number of ether oxygens (including phenoxy) is 1. The lowest BCUT2D eigenvalue weighted by Crippen LogP contribution is -2.21. The summed E-state index contributed by atoms with van der Waals surface area (Å²) in [6.07, 6.45) is 4.04. The summed E-state index contributed by atoms with van der Waals surface area (Å²) in [5.41, 5.74) is 5.93. The Morgan fingerprint density at radius 2 is 2.11 bits per heavy atom. The van der Waals surface area contributed by atoms with Gasteiger partial charge in [-0.3, -0.25) is 5.43 Å². The van der Waals surface area contributed by atoms with Gasteiger partial charge in [-0.15, -0.1) is 0 Å².